The number of rotatable bonds is 2. The van der Waals surface area contributed by atoms with Crippen molar-refractivity contribution in [2.75, 3.05) is 18.5 Å². The van der Waals surface area contributed by atoms with Crippen LogP contribution in [0.2, 0.25) is 0 Å². The Morgan fingerprint density at radius 1 is 1.61 bits per heavy atom. The van der Waals surface area contributed by atoms with Gasteiger partial charge >= 0.3 is 0 Å². The van der Waals surface area contributed by atoms with Crippen LogP contribution in [0.4, 0.5) is 5.82 Å². The second kappa shape index (κ2) is 4.78. The Morgan fingerprint density at radius 3 is 2.78 bits per heavy atom. The highest BCUT2D eigenvalue weighted by molar-refractivity contribution is 5.96. The van der Waals surface area contributed by atoms with Crippen LogP contribution in [0.3, 0.4) is 0 Å². The van der Waals surface area contributed by atoms with Crippen LogP contribution in [0, 0.1) is 23.7 Å². The third-order valence-corrected chi connectivity index (χ3v) is 3.24. The molecule has 0 bridgehead atoms. The van der Waals surface area contributed by atoms with Gasteiger partial charge in [0.1, 0.15) is 11.2 Å². The van der Waals surface area contributed by atoms with Gasteiger partial charge in [0, 0.05) is 26.3 Å². The number of carbonyl (C=O) groups excluding carboxylic acids is 1. The number of ether oxygens (including phenoxy) is 1. The molecule has 0 aromatic carbocycles. The number of nitrogens with zero attached hydrogens (tertiary/aromatic N) is 3. The van der Waals surface area contributed by atoms with Gasteiger partial charge in [-0.15, -0.1) is 0 Å². The summed E-state index contributed by atoms with van der Waals surface area (Å²) < 4.78 is 6.80. The zero-order valence-electron chi connectivity index (χ0n) is 10.6. The average molecular weight is 248 g/mol. The summed E-state index contributed by atoms with van der Waals surface area (Å²) in [5, 5.41) is 16.2. The standard InChI is InChI=1S/C12H16N4O2/c1-9-7-10(16(2)15-9)14-11(17)12(8-13)3-5-18-6-4-12/h7H,3-6H2,1-2H3,(H,14,17). The maximum absolute atomic E-state index is 12.3. The van der Waals surface area contributed by atoms with Gasteiger partial charge in [-0.2, -0.15) is 10.4 Å². The fourth-order valence-corrected chi connectivity index (χ4v) is 2.07. The molecule has 0 spiro atoms. The van der Waals surface area contributed by atoms with Crippen molar-refractivity contribution in [2.24, 2.45) is 12.5 Å². The molecule has 1 aromatic heterocycles. The summed E-state index contributed by atoms with van der Waals surface area (Å²) in [6, 6.07) is 3.92. The van der Waals surface area contributed by atoms with E-state index in [9.17, 15) is 10.1 Å². The van der Waals surface area contributed by atoms with Crippen LogP contribution in [-0.2, 0) is 16.6 Å². The molecule has 6 nitrogen and oxygen atoms in total. The van der Waals surface area contributed by atoms with E-state index in [0.29, 0.717) is 31.9 Å². The summed E-state index contributed by atoms with van der Waals surface area (Å²) in [5.74, 6) is 0.343. The molecule has 0 aliphatic carbocycles. The molecule has 0 radical (unpaired) electrons. The summed E-state index contributed by atoms with van der Waals surface area (Å²) in [5.41, 5.74) is -0.151. The molecule has 0 saturated carbocycles. The minimum atomic E-state index is -0.976. The number of nitrogens with one attached hydrogen (secondary N) is 1. The maximum Gasteiger partial charge on any atom is 0.246 e. The van der Waals surface area contributed by atoms with E-state index in [0.717, 1.165) is 5.69 Å². The lowest BCUT2D eigenvalue weighted by molar-refractivity contribution is -0.126. The predicted octanol–water partition coefficient (Wildman–Crippen LogP) is 0.987. The van der Waals surface area contributed by atoms with E-state index in [-0.39, 0.29) is 5.91 Å². The molecule has 2 rings (SSSR count). The van der Waals surface area contributed by atoms with Gasteiger partial charge in [0.15, 0.2) is 0 Å². The van der Waals surface area contributed by atoms with Crippen molar-refractivity contribution < 1.29 is 9.53 Å². The molecule has 1 aromatic rings. The SMILES string of the molecule is Cc1cc(NC(=O)C2(C#N)CCOCC2)n(C)n1. The number of hydrogen-bond donors (Lipinski definition) is 1. The van der Waals surface area contributed by atoms with Crippen molar-refractivity contribution in [3.63, 3.8) is 0 Å². The number of anilines is 1. The van der Waals surface area contributed by atoms with Crippen molar-refractivity contribution in [3.05, 3.63) is 11.8 Å². The second-order valence-corrected chi connectivity index (χ2v) is 4.55. The fraction of sp³-hybridized carbons (Fsp3) is 0.583. The van der Waals surface area contributed by atoms with Gasteiger partial charge in [0.05, 0.1) is 11.8 Å². The number of amides is 1. The molecule has 0 unspecified atom stereocenters. The molecule has 0 atom stereocenters. The lowest BCUT2D eigenvalue weighted by Gasteiger charge is -2.29. The Balaban J connectivity index is 2.16. The molecule has 18 heavy (non-hydrogen) atoms. The number of carbonyl (C=O) groups is 1. The van der Waals surface area contributed by atoms with Crippen LogP contribution >= 0.6 is 0 Å². The molecule has 2 heterocycles. The fourth-order valence-electron chi connectivity index (χ4n) is 2.07. The molecule has 1 aliphatic rings. The zero-order chi connectivity index (χ0) is 13.2. The lowest BCUT2D eigenvalue weighted by Crippen LogP contribution is -2.40. The van der Waals surface area contributed by atoms with Crippen molar-refractivity contribution >= 4 is 11.7 Å². The van der Waals surface area contributed by atoms with Crippen LogP contribution in [0.1, 0.15) is 18.5 Å². The van der Waals surface area contributed by atoms with Crippen LogP contribution in [-0.4, -0.2) is 28.9 Å². The Labute approximate surface area is 106 Å². The topological polar surface area (TPSA) is 79.9 Å². The van der Waals surface area contributed by atoms with Crippen LogP contribution in [0.25, 0.3) is 0 Å². The first-order valence-corrected chi connectivity index (χ1v) is 5.88. The molecule has 1 amide bonds. The minimum Gasteiger partial charge on any atom is -0.381 e. The highest BCUT2D eigenvalue weighted by atomic mass is 16.5. The first kappa shape index (κ1) is 12.6. The summed E-state index contributed by atoms with van der Waals surface area (Å²) in [6.45, 7) is 2.75. The molecule has 1 aliphatic heterocycles. The van der Waals surface area contributed by atoms with E-state index in [1.165, 1.54) is 0 Å². The van der Waals surface area contributed by atoms with Crippen molar-refractivity contribution in [1.29, 1.82) is 5.26 Å². The van der Waals surface area contributed by atoms with Crippen molar-refractivity contribution in [1.82, 2.24) is 9.78 Å². The van der Waals surface area contributed by atoms with Crippen LogP contribution in [0.15, 0.2) is 6.07 Å². The largest absolute Gasteiger partial charge is 0.381 e. The lowest BCUT2D eigenvalue weighted by atomic mass is 9.81. The smallest absolute Gasteiger partial charge is 0.246 e. The summed E-state index contributed by atoms with van der Waals surface area (Å²) >= 11 is 0. The molecule has 1 fully saturated rings. The third kappa shape index (κ3) is 2.22. The normalized spacial score (nSPS) is 18.1. The Morgan fingerprint density at radius 2 is 2.28 bits per heavy atom. The summed E-state index contributed by atoms with van der Waals surface area (Å²) in [7, 11) is 1.76. The van der Waals surface area contributed by atoms with E-state index in [2.05, 4.69) is 16.5 Å². The quantitative estimate of drug-likeness (QED) is 0.846. The van der Waals surface area contributed by atoms with Gasteiger partial charge in [0.2, 0.25) is 5.91 Å². The molecular weight excluding hydrogens is 232 g/mol. The second-order valence-electron chi connectivity index (χ2n) is 4.55. The van der Waals surface area contributed by atoms with E-state index in [1.54, 1.807) is 17.8 Å². The predicted molar refractivity (Wildman–Crippen MR) is 64.7 cm³/mol. The van der Waals surface area contributed by atoms with Gasteiger partial charge in [-0.1, -0.05) is 0 Å². The minimum absolute atomic E-state index is 0.267. The first-order chi connectivity index (χ1) is 8.57. The van der Waals surface area contributed by atoms with Crippen LogP contribution < -0.4 is 5.32 Å². The molecule has 96 valence electrons. The third-order valence-electron chi connectivity index (χ3n) is 3.24. The maximum atomic E-state index is 12.3. The molecule has 6 heteroatoms. The number of aryl methyl sites for hydroxylation is 2. The summed E-state index contributed by atoms with van der Waals surface area (Å²) in [6.07, 6.45) is 0.873. The molecule has 1 N–H and O–H groups in total. The van der Waals surface area contributed by atoms with Gasteiger partial charge in [-0.3, -0.25) is 9.48 Å². The average Bonchev–Trinajstić information content (AvgIpc) is 2.68. The Hall–Kier alpha value is -1.87. The number of hydrogen-bond acceptors (Lipinski definition) is 4. The highest BCUT2D eigenvalue weighted by Crippen LogP contribution is 2.31. The van der Waals surface area contributed by atoms with Crippen LogP contribution in [0.5, 0.6) is 0 Å². The zero-order valence-corrected chi connectivity index (χ0v) is 10.6. The monoisotopic (exact) mass is 248 g/mol. The molecule has 1 saturated heterocycles. The number of aromatic nitrogens is 2. The van der Waals surface area contributed by atoms with Crippen molar-refractivity contribution in [2.45, 2.75) is 19.8 Å². The van der Waals surface area contributed by atoms with Gasteiger partial charge < -0.3 is 10.1 Å². The first-order valence-electron chi connectivity index (χ1n) is 5.88. The van der Waals surface area contributed by atoms with Gasteiger partial charge in [-0.25, -0.2) is 0 Å². The van der Waals surface area contributed by atoms with E-state index >= 15 is 0 Å². The summed E-state index contributed by atoms with van der Waals surface area (Å²) in [4.78, 5) is 12.3. The van der Waals surface area contributed by atoms with Gasteiger partial charge in [0.25, 0.3) is 0 Å². The highest BCUT2D eigenvalue weighted by Gasteiger charge is 2.40. The van der Waals surface area contributed by atoms with Gasteiger partial charge in [-0.05, 0) is 19.8 Å². The number of nitriles is 1. The molecular formula is C12H16N4O2. The van der Waals surface area contributed by atoms with E-state index in [1.807, 2.05) is 6.92 Å². The van der Waals surface area contributed by atoms with E-state index < -0.39 is 5.41 Å². The Kier molecular flexibility index (Phi) is 3.34. The van der Waals surface area contributed by atoms with E-state index in [4.69, 9.17) is 4.74 Å². The van der Waals surface area contributed by atoms with Crippen molar-refractivity contribution in [3.8, 4) is 6.07 Å². The Bertz CT molecular complexity index is 495.